The van der Waals surface area contributed by atoms with E-state index < -0.39 is 0 Å². The molecule has 2 N–H and O–H groups in total. The van der Waals surface area contributed by atoms with Crippen LogP contribution in [0.4, 0.5) is 0 Å². The Kier molecular flexibility index (Phi) is 3.91. The summed E-state index contributed by atoms with van der Waals surface area (Å²) >= 11 is 0. The molecule has 2 heterocycles. The molecule has 2 aromatic rings. The van der Waals surface area contributed by atoms with Crippen LogP contribution >= 0.6 is 0 Å². The third-order valence-corrected chi connectivity index (χ3v) is 3.61. The summed E-state index contributed by atoms with van der Waals surface area (Å²) in [6, 6.07) is 9.12. The summed E-state index contributed by atoms with van der Waals surface area (Å²) in [7, 11) is 0. The number of para-hydroxylation sites is 1. The first-order valence-electron chi connectivity index (χ1n) is 7.17. The van der Waals surface area contributed by atoms with E-state index in [4.69, 9.17) is 4.74 Å². The van der Waals surface area contributed by atoms with Crippen molar-refractivity contribution >= 4 is 5.91 Å². The average Bonchev–Trinajstić information content (AvgIpc) is 2.51. The Labute approximate surface area is 127 Å². The summed E-state index contributed by atoms with van der Waals surface area (Å²) in [5, 5.41) is 2.82. The van der Waals surface area contributed by atoms with Crippen LogP contribution in [0.5, 0.6) is 5.75 Å². The van der Waals surface area contributed by atoms with E-state index in [9.17, 15) is 9.59 Å². The number of rotatable bonds is 3. The average molecular weight is 299 g/mol. The Morgan fingerprint density at radius 2 is 2.27 bits per heavy atom. The minimum Gasteiger partial charge on any atom is -0.492 e. The predicted molar refractivity (Wildman–Crippen MR) is 80.6 cm³/mol. The Bertz CT molecular complexity index is 754. The van der Waals surface area contributed by atoms with Crippen LogP contribution in [0.15, 0.2) is 35.1 Å². The van der Waals surface area contributed by atoms with Crippen LogP contribution in [0.25, 0.3) is 0 Å². The molecule has 0 aliphatic carbocycles. The standard InChI is InChI=1S/C16H17N3O3/c1-10-18-13(7-15(20)19-10)8-17-16(21)12-6-11-4-2-3-5-14(11)22-9-12/h2-5,7,12H,6,8-9H2,1H3,(H,17,21)(H,18,19,20)/t12-/m0/s1. The third kappa shape index (κ3) is 3.16. The number of carbonyl (C=O) groups excluding carboxylic acids is 1. The van der Waals surface area contributed by atoms with Crippen molar-refractivity contribution in [2.75, 3.05) is 6.61 Å². The smallest absolute Gasteiger partial charge is 0.251 e. The zero-order valence-electron chi connectivity index (χ0n) is 12.3. The van der Waals surface area contributed by atoms with E-state index in [-0.39, 0.29) is 23.9 Å². The van der Waals surface area contributed by atoms with Crippen LogP contribution in [0.2, 0.25) is 0 Å². The van der Waals surface area contributed by atoms with Crippen molar-refractivity contribution in [1.29, 1.82) is 0 Å². The zero-order valence-corrected chi connectivity index (χ0v) is 12.3. The van der Waals surface area contributed by atoms with Crippen LogP contribution in [0.1, 0.15) is 17.1 Å². The van der Waals surface area contributed by atoms with Gasteiger partial charge < -0.3 is 15.0 Å². The van der Waals surface area contributed by atoms with Crippen molar-refractivity contribution in [2.24, 2.45) is 5.92 Å². The van der Waals surface area contributed by atoms with E-state index in [1.807, 2.05) is 24.3 Å². The fraction of sp³-hybridized carbons (Fsp3) is 0.312. The number of aromatic nitrogens is 2. The van der Waals surface area contributed by atoms with Crippen molar-refractivity contribution in [3.8, 4) is 5.75 Å². The number of fused-ring (bicyclic) bond motifs is 1. The van der Waals surface area contributed by atoms with Crippen molar-refractivity contribution in [3.63, 3.8) is 0 Å². The van der Waals surface area contributed by atoms with Crippen LogP contribution < -0.4 is 15.6 Å². The Morgan fingerprint density at radius 1 is 1.45 bits per heavy atom. The number of ether oxygens (including phenoxy) is 1. The summed E-state index contributed by atoms with van der Waals surface area (Å²) < 4.78 is 5.62. The molecule has 22 heavy (non-hydrogen) atoms. The highest BCUT2D eigenvalue weighted by Gasteiger charge is 2.25. The molecule has 114 valence electrons. The van der Waals surface area contributed by atoms with Crippen LogP contribution in [0, 0.1) is 12.8 Å². The molecular formula is C16H17N3O3. The molecule has 3 rings (SSSR count). The number of nitrogens with one attached hydrogen (secondary N) is 2. The molecule has 1 aromatic carbocycles. The number of amides is 1. The molecule has 6 nitrogen and oxygen atoms in total. The first kappa shape index (κ1) is 14.3. The lowest BCUT2D eigenvalue weighted by Crippen LogP contribution is -2.37. The van der Waals surface area contributed by atoms with Gasteiger partial charge in [0.05, 0.1) is 18.2 Å². The van der Waals surface area contributed by atoms with E-state index in [1.165, 1.54) is 6.07 Å². The Balaban J connectivity index is 1.62. The quantitative estimate of drug-likeness (QED) is 0.883. The summed E-state index contributed by atoms with van der Waals surface area (Å²) in [5.74, 6) is 1.07. The molecular weight excluding hydrogens is 282 g/mol. The van der Waals surface area contributed by atoms with E-state index in [1.54, 1.807) is 6.92 Å². The number of aryl methyl sites for hydroxylation is 1. The maximum absolute atomic E-state index is 12.2. The molecule has 0 saturated heterocycles. The molecule has 1 amide bonds. The summed E-state index contributed by atoms with van der Waals surface area (Å²) in [5.41, 5.74) is 1.37. The van der Waals surface area contributed by atoms with Gasteiger partial charge in [-0.1, -0.05) is 18.2 Å². The van der Waals surface area contributed by atoms with Gasteiger partial charge in [0.25, 0.3) is 5.56 Å². The van der Waals surface area contributed by atoms with Crippen molar-refractivity contribution < 1.29 is 9.53 Å². The second kappa shape index (κ2) is 6.01. The van der Waals surface area contributed by atoms with Gasteiger partial charge in [0.15, 0.2) is 0 Å². The first-order valence-corrected chi connectivity index (χ1v) is 7.17. The van der Waals surface area contributed by atoms with Gasteiger partial charge in [0, 0.05) is 6.07 Å². The normalized spacial score (nSPS) is 16.5. The molecule has 1 aromatic heterocycles. The van der Waals surface area contributed by atoms with Crippen molar-refractivity contribution in [3.05, 3.63) is 57.8 Å². The predicted octanol–water partition coefficient (Wildman–Crippen LogP) is 0.946. The molecule has 0 fully saturated rings. The lowest BCUT2D eigenvalue weighted by atomic mass is 9.96. The second-order valence-electron chi connectivity index (χ2n) is 5.36. The summed E-state index contributed by atoms with van der Waals surface area (Å²) in [4.78, 5) is 30.4. The van der Waals surface area contributed by atoms with Gasteiger partial charge in [-0.25, -0.2) is 4.98 Å². The monoisotopic (exact) mass is 299 g/mol. The fourth-order valence-electron chi connectivity index (χ4n) is 2.55. The molecule has 0 saturated carbocycles. The molecule has 1 atom stereocenters. The van der Waals surface area contributed by atoms with E-state index in [0.717, 1.165) is 11.3 Å². The van der Waals surface area contributed by atoms with E-state index >= 15 is 0 Å². The number of hydrogen-bond acceptors (Lipinski definition) is 4. The Hall–Kier alpha value is -2.63. The zero-order chi connectivity index (χ0) is 15.5. The summed E-state index contributed by atoms with van der Waals surface area (Å²) in [6.07, 6.45) is 0.657. The number of H-pyrrole nitrogens is 1. The number of aromatic amines is 1. The highest BCUT2D eigenvalue weighted by molar-refractivity contribution is 5.79. The molecule has 1 aliphatic heterocycles. The van der Waals surface area contributed by atoms with Crippen LogP contribution in [-0.4, -0.2) is 22.5 Å². The van der Waals surface area contributed by atoms with Crippen LogP contribution in [0.3, 0.4) is 0 Å². The fourth-order valence-corrected chi connectivity index (χ4v) is 2.55. The van der Waals surface area contributed by atoms with Gasteiger partial charge in [-0.05, 0) is 25.0 Å². The molecule has 1 aliphatic rings. The number of carbonyl (C=O) groups is 1. The third-order valence-electron chi connectivity index (χ3n) is 3.61. The summed E-state index contributed by atoms with van der Waals surface area (Å²) in [6.45, 7) is 2.31. The number of nitrogens with zero attached hydrogens (tertiary/aromatic N) is 1. The number of benzene rings is 1. The maximum atomic E-state index is 12.2. The Morgan fingerprint density at radius 3 is 3.09 bits per heavy atom. The van der Waals surface area contributed by atoms with Gasteiger partial charge in [0.2, 0.25) is 5.91 Å². The second-order valence-corrected chi connectivity index (χ2v) is 5.36. The lowest BCUT2D eigenvalue weighted by molar-refractivity contribution is -0.126. The molecule has 6 heteroatoms. The molecule has 0 radical (unpaired) electrons. The molecule has 0 spiro atoms. The largest absolute Gasteiger partial charge is 0.492 e. The van der Waals surface area contributed by atoms with Gasteiger partial charge in [-0.15, -0.1) is 0 Å². The minimum atomic E-state index is -0.224. The topological polar surface area (TPSA) is 84.1 Å². The minimum absolute atomic E-state index is 0.0887. The highest BCUT2D eigenvalue weighted by atomic mass is 16.5. The van der Waals surface area contributed by atoms with Crippen molar-refractivity contribution in [1.82, 2.24) is 15.3 Å². The molecule has 0 bridgehead atoms. The van der Waals surface area contributed by atoms with Gasteiger partial charge in [-0.2, -0.15) is 0 Å². The maximum Gasteiger partial charge on any atom is 0.251 e. The van der Waals surface area contributed by atoms with Gasteiger partial charge in [-0.3, -0.25) is 9.59 Å². The lowest BCUT2D eigenvalue weighted by Gasteiger charge is -2.24. The van der Waals surface area contributed by atoms with Crippen LogP contribution in [-0.2, 0) is 17.8 Å². The number of hydrogen-bond donors (Lipinski definition) is 2. The van der Waals surface area contributed by atoms with Gasteiger partial charge >= 0.3 is 0 Å². The first-order chi connectivity index (χ1) is 10.6. The van der Waals surface area contributed by atoms with Crippen molar-refractivity contribution in [2.45, 2.75) is 19.9 Å². The SMILES string of the molecule is Cc1nc(CNC(=O)[C@@H]2COc3ccccc3C2)cc(=O)[nH]1. The molecule has 0 unspecified atom stereocenters. The van der Waals surface area contributed by atoms with E-state index in [0.29, 0.717) is 24.5 Å². The van der Waals surface area contributed by atoms with Gasteiger partial charge in [0.1, 0.15) is 18.2 Å². The van der Waals surface area contributed by atoms with E-state index in [2.05, 4.69) is 15.3 Å². The highest BCUT2D eigenvalue weighted by Crippen LogP contribution is 2.26.